The minimum Gasteiger partial charge on any atom is -0.323 e. The third-order valence-electron chi connectivity index (χ3n) is 5.69. The molecule has 3 heterocycles. The molecule has 0 fully saturated rings. The van der Waals surface area contributed by atoms with Gasteiger partial charge in [-0.1, -0.05) is 0 Å². The highest BCUT2D eigenvalue weighted by Gasteiger charge is 2.19. The summed E-state index contributed by atoms with van der Waals surface area (Å²) in [5.41, 5.74) is -2.59. The zero-order valence-electron chi connectivity index (χ0n) is 20.3. The first kappa shape index (κ1) is 26.6. The van der Waals surface area contributed by atoms with Gasteiger partial charge in [0.15, 0.2) is 23.3 Å². The van der Waals surface area contributed by atoms with E-state index in [0.717, 1.165) is 15.3 Å². The first-order chi connectivity index (χ1) is 19.0. The summed E-state index contributed by atoms with van der Waals surface area (Å²) < 4.78 is 85.4. The number of rotatable bonds is 8. The molecule has 0 aliphatic heterocycles. The molecule has 0 saturated carbocycles. The number of anilines is 2. The van der Waals surface area contributed by atoms with E-state index < -0.39 is 66.7 Å². The Morgan fingerprint density at radius 1 is 0.925 bits per heavy atom. The Bertz CT molecular complexity index is 1840. The van der Waals surface area contributed by atoms with Gasteiger partial charge in [0, 0.05) is 24.7 Å². The van der Waals surface area contributed by atoms with Crippen molar-refractivity contribution in [2.75, 3.05) is 5.32 Å². The van der Waals surface area contributed by atoms with Gasteiger partial charge in [-0.25, -0.2) is 45.5 Å². The van der Waals surface area contributed by atoms with Crippen LogP contribution in [0.2, 0.25) is 0 Å². The molecule has 0 aliphatic carbocycles. The lowest BCUT2D eigenvalue weighted by atomic mass is 10.2. The molecule has 1 N–H and O–H groups in total. The van der Waals surface area contributed by atoms with E-state index in [0.29, 0.717) is 16.7 Å². The maximum Gasteiger partial charge on any atom is 0.355 e. The molecule has 0 saturated heterocycles. The molecule has 0 atom stereocenters. The van der Waals surface area contributed by atoms with Gasteiger partial charge in [-0.15, -0.1) is 0 Å². The van der Waals surface area contributed by atoms with Gasteiger partial charge in [-0.05, 0) is 23.8 Å². The number of benzene rings is 2. The van der Waals surface area contributed by atoms with E-state index in [1.807, 2.05) is 0 Å². The van der Waals surface area contributed by atoms with Crippen LogP contribution < -0.4 is 16.7 Å². The van der Waals surface area contributed by atoms with Crippen LogP contribution in [0.5, 0.6) is 0 Å². The van der Waals surface area contributed by atoms with Gasteiger partial charge in [0.2, 0.25) is 5.95 Å². The summed E-state index contributed by atoms with van der Waals surface area (Å²) in [6.07, 6.45) is -0.132. The van der Waals surface area contributed by atoms with Crippen LogP contribution in [0.3, 0.4) is 0 Å². The predicted octanol–water partition coefficient (Wildman–Crippen LogP) is 2.54. The van der Waals surface area contributed by atoms with E-state index in [1.54, 1.807) is 7.05 Å². The molecule has 40 heavy (non-hydrogen) atoms. The van der Waals surface area contributed by atoms with Gasteiger partial charge in [-0.3, -0.25) is 13.9 Å². The Kier molecular flexibility index (Phi) is 6.87. The molecule has 5 aromatic rings. The largest absolute Gasteiger partial charge is 0.355 e. The van der Waals surface area contributed by atoms with Gasteiger partial charge in [-0.2, -0.15) is 15.2 Å². The van der Waals surface area contributed by atoms with Crippen molar-refractivity contribution in [2.24, 2.45) is 7.05 Å². The van der Waals surface area contributed by atoms with E-state index in [1.165, 1.54) is 23.3 Å². The molecule has 17 heteroatoms. The third kappa shape index (κ3) is 5.29. The molecule has 208 valence electrons. The lowest BCUT2D eigenvalue weighted by Gasteiger charge is -2.16. The Hall–Kier alpha value is -4.96. The first-order valence-corrected chi connectivity index (χ1v) is 11.4. The summed E-state index contributed by atoms with van der Waals surface area (Å²) in [6, 6.07) is 3.43. The number of aryl methyl sites for hydroxylation is 1. The van der Waals surface area contributed by atoms with E-state index in [-0.39, 0.29) is 28.0 Å². The number of hydrogen-bond donors (Lipinski definition) is 1. The molecule has 11 nitrogen and oxygen atoms in total. The monoisotopic (exact) mass is 565 g/mol. The van der Waals surface area contributed by atoms with E-state index in [2.05, 4.69) is 25.5 Å². The van der Waals surface area contributed by atoms with E-state index in [9.17, 15) is 35.9 Å². The van der Waals surface area contributed by atoms with Crippen molar-refractivity contribution in [3.05, 3.63) is 92.4 Å². The minimum atomic E-state index is -2.70. The van der Waals surface area contributed by atoms with Crippen molar-refractivity contribution < 1.29 is 26.3 Å². The second kappa shape index (κ2) is 10.3. The Labute approximate surface area is 218 Å². The summed E-state index contributed by atoms with van der Waals surface area (Å²) in [7, 11) is 1.56. The fraction of sp³-hybridized carbons (Fsp3) is 0.217. The fourth-order valence-corrected chi connectivity index (χ4v) is 3.93. The normalized spacial score (nSPS) is 11.6. The molecule has 0 spiro atoms. The van der Waals surface area contributed by atoms with Crippen molar-refractivity contribution in [1.29, 1.82) is 0 Å². The highest BCUT2D eigenvalue weighted by Crippen LogP contribution is 2.25. The van der Waals surface area contributed by atoms with Crippen LogP contribution in [0.15, 0.2) is 46.4 Å². The fourth-order valence-electron chi connectivity index (χ4n) is 3.93. The van der Waals surface area contributed by atoms with Gasteiger partial charge in [0.25, 0.3) is 6.43 Å². The number of nitrogens with one attached hydrogen (secondary N) is 1. The van der Waals surface area contributed by atoms with Crippen molar-refractivity contribution in [3.63, 3.8) is 0 Å². The van der Waals surface area contributed by atoms with E-state index in [4.69, 9.17) is 0 Å². The smallest absolute Gasteiger partial charge is 0.323 e. The van der Waals surface area contributed by atoms with Crippen LogP contribution in [0.25, 0.3) is 10.9 Å². The Morgan fingerprint density at radius 2 is 1.65 bits per heavy atom. The predicted molar refractivity (Wildman–Crippen MR) is 127 cm³/mol. The zero-order chi connectivity index (χ0) is 28.7. The molecule has 0 bridgehead atoms. The summed E-state index contributed by atoms with van der Waals surface area (Å²) in [5, 5.41) is 10.6. The number of halogens is 6. The standard InChI is InChI=1S/C23H17F6N9O2/c1-35-10-30-19(34-35)9-38-22(39)32-21(37(23(38)40)6-11-2-14(25)20(29)15(26)3-11)31-17-4-12-7-36(8-18(27)28)33-16(12)5-13(17)24/h2-5,7,10,18H,6,8-9H2,1H3,(H,31,32,39). The van der Waals surface area contributed by atoms with Gasteiger partial charge < -0.3 is 5.32 Å². The summed E-state index contributed by atoms with van der Waals surface area (Å²) in [4.78, 5) is 34.0. The molecule has 5 rings (SSSR count). The van der Waals surface area contributed by atoms with Crippen LogP contribution in [0, 0.1) is 23.3 Å². The maximum absolute atomic E-state index is 14.9. The van der Waals surface area contributed by atoms with Gasteiger partial charge in [0.1, 0.15) is 18.7 Å². The van der Waals surface area contributed by atoms with E-state index >= 15 is 0 Å². The van der Waals surface area contributed by atoms with Gasteiger partial charge in [0.05, 0.1) is 24.3 Å². The van der Waals surface area contributed by atoms with Crippen LogP contribution in [-0.4, -0.2) is 45.1 Å². The summed E-state index contributed by atoms with van der Waals surface area (Å²) in [6.45, 7) is -1.76. The summed E-state index contributed by atoms with van der Waals surface area (Å²) >= 11 is 0. The second-order valence-electron chi connectivity index (χ2n) is 8.64. The highest BCUT2D eigenvalue weighted by molar-refractivity contribution is 5.83. The molecule has 0 unspecified atom stereocenters. The quantitative estimate of drug-likeness (QED) is 0.227. The van der Waals surface area contributed by atoms with Crippen molar-refractivity contribution >= 4 is 22.5 Å². The van der Waals surface area contributed by atoms with Crippen molar-refractivity contribution in [2.45, 2.75) is 26.1 Å². The number of fused-ring (bicyclic) bond motifs is 1. The van der Waals surface area contributed by atoms with Crippen molar-refractivity contribution in [3.8, 4) is 0 Å². The molecular formula is C23H17F6N9O2. The second-order valence-corrected chi connectivity index (χ2v) is 8.64. The number of hydrogen-bond acceptors (Lipinski definition) is 7. The zero-order valence-corrected chi connectivity index (χ0v) is 20.3. The van der Waals surface area contributed by atoms with Crippen molar-refractivity contribution in [1.82, 2.24) is 38.7 Å². The molecule has 0 radical (unpaired) electrons. The average molecular weight is 565 g/mol. The average Bonchev–Trinajstić information content (AvgIpc) is 3.46. The van der Waals surface area contributed by atoms with Crippen LogP contribution in [0.4, 0.5) is 38.0 Å². The highest BCUT2D eigenvalue weighted by atomic mass is 19.3. The SMILES string of the molecule is Cn1cnc(Cn2c(=O)nc(Nc3cc4cn(CC(F)F)nc4cc3F)n(Cc3cc(F)c(F)c(F)c3)c2=O)n1. The molecule has 2 aromatic carbocycles. The third-order valence-corrected chi connectivity index (χ3v) is 5.69. The molecule has 0 amide bonds. The maximum atomic E-state index is 14.9. The number of nitrogens with zero attached hydrogens (tertiary/aromatic N) is 8. The summed E-state index contributed by atoms with van der Waals surface area (Å²) in [5.74, 6) is -6.14. The van der Waals surface area contributed by atoms with Crippen LogP contribution in [0.1, 0.15) is 11.4 Å². The van der Waals surface area contributed by atoms with Gasteiger partial charge >= 0.3 is 11.4 Å². The molecule has 0 aliphatic rings. The van der Waals surface area contributed by atoms with Crippen LogP contribution >= 0.6 is 0 Å². The first-order valence-electron chi connectivity index (χ1n) is 11.4. The minimum absolute atomic E-state index is 0.0598. The lowest BCUT2D eigenvalue weighted by Crippen LogP contribution is -2.43. The Balaban J connectivity index is 1.60. The number of alkyl halides is 2. The Morgan fingerprint density at radius 3 is 2.30 bits per heavy atom. The lowest BCUT2D eigenvalue weighted by molar-refractivity contribution is 0.122. The molecular weight excluding hydrogens is 548 g/mol. The molecule has 3 aromatic heterocycles. The van der Waals surface area contributed by atoms with Crippen LogP contribution in [-0.2, 0) is 26.7 Å². The topological polar surface area (TPSA) is 117 Å². The number of aromatic nitrogens is 8.